The molecular formula is C14H10BrClN2O3. The quantitative estimate of drug-likeness (QED) is 0.868. The summed E-state index contributed by atoms with van der Waals surface area (Å²) >= 11 is 9.18. The Morgan fingerprint density at radius 3 is 2.57 bits per heavy atom. The highest BCUT2D eigenvalue weighted by atomic mass is 79.9. The summed E-state index contributed by atoms with van der Waals surface area (Å²) in [7, 11) is 0. The monoisotopic (exact) mass is 368 g/mol. The molecule has 0 aliphatic heterocycles. The number of amides is 1. The molecule has 108 valence electrons. The molecule has 1 amide bonds. The topological polar surface area (TPSA) is 79.3 Å². The van der Waals surface area contributed by atoms with Crippen LogP contribution in [-0.2, 0) is 4.79 Å². The number of aromatic nitrogens is 1. The maximum absolute atomic E-state index is 12.2. The van der Waals surface area contributed by atoms with Crippen LogP contribution in [0.1, 0.15) is 22.1 Å². The molecule has 0 spiro atoms. The molecule has 21 heavy (non-hydrogen) atoms. The maximum atomic E-state index is 12.2. The predicted molar refractivity (Wildman–Crippen MR) is 81.2 cm³/mol. The van der Waals surface area contributed by atoms with Crippen LogP contribution in [0, 0.1) is 0 Å². The van der Waals surface area contributed by atoms with Gasteiger partial charge in [-0.05, 0) is 34.1 Å². The Kier molecular flexibility index (Phi) is 4.93. The number of rotatable bonds is 4. The van der Waals surface area contributed by atoms with Crippen molar-refractivity contribution >= 4 is 39.4 Å². The van der Waals surface area contributed by atoms with Crippen molar-refractivity contribution < 1.29 is 14.7 Å². The molecule has 0 aliphatic rings. The third kappa shape index (κ3) is 3.59. The highest BCUT2D eigenvalue weighted by Gasteiger charge is 2.25. The molecule has 0 saturated carbocycles. The molecule has 1 atom stereocenters. The highest BCUT2D eigenvalue weighted by Crippen LogP contribution is 2.23. The van der Waals surface area contributed by atoms with E-state index in [1.165, 1.54) is 6.20 Å². The molecule has 7 heteroatoms. The number of nitrogens with zero attached hydrogens (tertiary/aromatic N) is 1. The van der Waals surface area contributed by atoms with Crippen LogP contribution in [0.4, 0.5) is 0 Å². The summed E-state index contributed by atoms with van der Waals surface area (Å²) in [6.07, 6.45) is 1.45. The SMILES string of the molecule is O=C(N[C@@H](C(=O)O)c1ccccc1Cl)c1ncccc1Br. The van der Waals surface area contributed by atoms with Gasteiger partial charge in [-0.25, -0.2) is 9.78 Å². The van der Waals surface area contributed by atoms with Crippen LogP contribution in [-0.4, -0.2) is 22.0 Å². The first kappa shape index (κ1) is 15.5. The molecule has 5 nitrogen and oxygen atoms in total. The van der Waals surface area contributed by atoms with E-state index in [1.807, 2.05) is 0 Å². The van der Waals surface area contributed by atoms with E-state index in [2.05, 4.69) is 26.2 Å². The molecule has 0 fully saturated rings. The Labute approximate surface area is 134 Å². The standard InChI is InChI=1S/C14H10BrClN2O3/c15-9-5-3-7-17-12(9)13(19)18-11(14(20)21)8-4-1-2-6-10(8)16/h1-7,11H,(H,18,19)(H,20,21)/t11-/m1/s1. The summed E-state index contributed by atoms with van der Waals surface area (Å²) in [5, 5.41) is 12.0. The van der Waals surface area contributed by atoms with Crippen molar-refractivity contribution in [3.05, 3.63) is 63.3 Å². The number of aliphatic carboxylic acids is 1. The summed E-state index contributed by atoms with van der Waals surface area (Å²) < 4.78 is 0.478. The zero-order chi connectivity index (χ0) is 15.4. The van der Waals surface area contributed by atoms with Crippen molar-refractivity contribution in [1.29, 1.82) is 0 Å². The van der Waals surface area contributed by atoms with Crippen molar-refractivity contribution in [2.45, 2.75) is 6.04 Å². The number of carbonyl (C=O) groups excluding carboxylic acids is 1. The number of carboxylic acid groups (broad SMARTS) is 1. The van der Waals surface area contributed by atoms with Crippen molar-refractivity contribution in [1.82, 2.24) is 10.3 Å². The van der Waals surface area contributed by atoms with Gasteiger partial charge in [-0.1, -0.05) is 29.8 Å². The first-order chi connectivity index (χ1) is 10.0. The predicted octanol–water partition coefficient (Wildman–Crippen LogP) is 3.05. The van der Waals surface area contributed by atoms with Crippen LogP contribution in [0.25, 0.3) is 0 Å². The van der Waals surface area contributed by atoms with Gasteiger partial charge < -0.3 is 10.4 Å². The second-order valence-electron chi connectivity index (χ2n) is 4.10. The minimum Gasteiger partial charge on any atom is -0.479 e. The smallest absolute Gasteiger partial charge is 0.330 e. The molecule has 0 radical (unpaired) electrons. The second kappa shape index (κ2) is 6.69. The van der Waals surface area contributed by atoms with Crippen LogP contribution >= 0.6 is 27.5 Å². The largest absolute Gasteiger partial charge is 0.479 e. The van der Waals surface area contributed by atoms with E-state index >= 15 is 0 Å². The van der Waals surface area contributed by atoms with Gasteiger partial charge in [0.15, 0.2) is 6.04 Å². The third-order valence-corrected chi connectivity index (χ3v) is 3.70. The van der Waals surface area contributed by atoms with Crippen molar-refractivity contribution in [2.24, 2.45) is 0 Å². The Morgan fingerprint density at radius 2 is 1.95 bits per heavy atom. The lowest BCUT2D eigenvalue weighted by atomic mass is 10.1. The van der Waals surface area contributed by atoms with Crippen LogP contribution in [0.5, 0.6) is 0 Å². The molecule has 1 heterocycles. The zero-order valence-corrected chi connectivity index (χ0v) is 12.9. The number of carbonyl (C=O) groups is 2. The van der Waals surface area contributed by atoms with E-state index in [0.717, 1.165) is 0 Å². The minimum absolute atomic E-state index is 0.107. The molecule has 2 aromatic rings. The molecule has 0 saturated heterocycles. The van der Waals surface area contributed by atoms with Gasteiger partial charge in [0.25, 0.3) is 5.91 Å². The van der Waals surface area contributed by atoms with Gasteiger partial charge in [0, 0.05) is 21.3 Å². The van der Waals surface area contributed by atoms with E-state index in [-0.39, 0.29) is 10.7 Å². The van der Waals surface area contributed by atoms with Crippen LogP contribution in [0.15, 0.2) is 47.1 Å². The van der Waals surface area contributed by atoms with Crippen molar-refractivity contribution in [3.8, 4) is 0 Å². The summed E-state index contributed by atoms with van der Waals surface area (Å²) in [4.78, 5) is 27.5. The molecule has 1 aromatic heterocycles. The Bertz CT molecular complexity index is 693. The number of pyridine rings is 1. The molecule has 2 rings (SSSR count). The molecule has 0 aliphatic carbocycles. The lowest BCUT2D eigenvalue weighted by Gasteiger charge is -2.16. The average Bonchev–Trinajstić information content (AvgIpc) is 2.45. The maximum Gasteiger partial charge on any atom is 0.330 e. The van der Waals surface area contributed by atoms with Gasteiger partial charge in [-0.3, -0.25) is 4.79 Å². The number of hydrogen-bond acceptors (Lipinski definition) is 3. The van der Waals surface area contributed by atoms with Crippen molar-refractivity contribution in [3.63, 3.8) is 0 Å². The number of hydrogen-bond donors (Lipinski definition) is 2. The fraction of sp³-hybridized carbons (Fsp3) is 0.0714. The van der Waals surface area contributed by atoms with Gasteiger partial charge in [0.2, 0.25) is 0 Å². The van der Waals surface area contributed by atoms with Crippen LogP contribution < -0.4 is 5.32 Å². The lowest BCUT2D eigenvalue weighted by Crippen LogP contribution is -2.34. The van der Waals surface area contributed by atoms with Crippen LogP contribution in [0.3, 0.4) is 0 Å². The van der Waals surface area contributed by atoms with Crippen molar-refractivity contribution in [2.75, 3.05) is 0 Å². The summed E-state index contributed by atoms with van der Waals surface area (Å²) in [5.41, 5.74) is 0.419. The summed E-state index contributed by atoms with van der Waals surface area (Å²) in [6, 6.07) is 8.50. The fourth-order valence-corrected chi connectivity index (χ4v) is 2.41. The summed E-state index contributed by atoms with van der Waals surface area (Å²) in [6.45, 7) is 0. The minimum atomic E-state index is -1.25. The molecule has 1 aromatic carbocycles. The number of carboxylic acids is 1. The molecule has 2 N–H and O–H groups in total. The number of nitrogens with one attached hydrogen (secondary N) is 1. The van der Waals surface area contributed by atoms with Gasteiger partial charge >= 0.3 is 5.97 Å². The Balaban J connectivity index is 2.30. The normalized spacial score (nSPS) is 11.7. The number of halogens is 2. The van der Waals surface area contributed by atoms with Gasteiger partial charge in [0.1, 0.15) is 5.69 Å². The lowest BCUT2D eigenvalue weighted by molar-refractivity contribution is -0.139. The van der Waals surface area contributed by atoms with E-state index < -0.39 is 17.9 Å². The second-order valence-corrected chi connectivity index (χ2v) is 5.36. The van der Waals surface area contributed by atoms with E-state index in [0.29, 0.717) is 10.0 Å². The average molecular weight is 370 g/mol. The highest BCUT2D eigenvalue weighted by molar-refractivity contribution is 9.10. The van der Waals surface area contributed by atoms with Gasteiger partial charge in [-0.15, -0.1) is 0 Å². The molecule has 0 bridgehead atoms. The molecular weight excluding hydrogens is 360 g/mol. The first-order valence-corrected chi connectivity index (χ1v) is 7.06. The van der Waals surface area contributed by atoms with E-state index in [9.17, 15) is 14.7 Å². The molecule has 0 unspecified atom stereocenters. The Morgan fingerprint density at radius 1 is 1.24 bits per heavy atom. The first-order valence-electron chi connectivity index (χ1n) is 5.89. The fourth-order valence-electron chi connectivity index (χ4n) is 1.73. The third-order valence-electron chi connectivity index (χ3n) is 2.71. The number of benzene rings is 1. The van der Waals surface area contributed by atoms with E-state index in [1.54, 1.807) is 36.4 Å². The van der Waals surface area contributed by atoms with Gasteiger partial charge in [0.05, 0.1) is 0 Å². The zero-order valence-electron chi connectivity index (χ0n) is 10.6. The van der Waals surface area contributed by atoms with Crippen LogP contribution in [0.2, 0.25) is 5.02 Å². The van der Waals surface area contributed by atoms with E-state index in [4.69, 9.17) is 11.6 Å². The van der Waals surface area contributed by atoms with Gasteiger partial charge in [-0.2, -0.15) is 0 Å². The summed E-state index contributed by atoms with van der Waals surface area (Å²) in [5.74, 6) is -1.81. The Hall–Kier alpha value is -1.92.